The third kappa shape index (κ3) is 1.52. The SMILES string of the molecule is Cc1nc2n(n1)CC(N1C(=O)[C@@H]3CCCN3C1=O)CC2. The Morgan fingerprint density at radius 3 is 2.90 bits per heavy atom. The zero-order valence-corrected chi connectivity index (χ0v) is 11.4. The molecule has 1 unspecified atom stereocenters. The van der Waals surface area contributed by atoms with Gasteiger partial charge in [-0.25, -0.2) is 14.5 Å². The number of nitrogens with zero attached hydrogens (tertiary/aromatic N) is 5. The molecule has 1 aromatic rings. The molecule has 0 N–H and O–H groups in total. The van der Waals surface area contributed by atoms with Crippen LogP contribution in [-0.4, -0.2) is 55.1 Å². The van der Waals surface area contributed by atoms with E-state index in [0.717, 1.165) is 37.3 Å². The summed E-state index contributed by atoms with van der Waals surface area (Å²) in [5, 5.41) is 4.34. The van der Waals surface area contributed by atoms with Crippen molar-refractivity contribution in [2.45, 2.75) is 51.2 Å². The zero-order valence-electron chi connectivity index (χ0n) is 11.4. The highest BCUT2D eigenvalue weighted by Crippen LogP contribution is 2.31. The summed E-state index contributed by atoms with van der Waals surface area (Å²) in [5.41, 5.74) is 0. The number of aryl methyl sites for hydroxylation is 2. The summed E-state index contributed by atoms with van der Waals surface area (Å²) in [4.78, 5) is 32.4. The average Bonchev–Trinajstić information content (AvgIpc) is 3.06. The maximum absolute atomic E-state index is 12.4. The first-order valence-corrected chi connectivity index (χ1v) is 7.19. The largest absolute Gasteiger partial charge is 0.327 e. The average molecular weight is 275 g/mol. The summed E-state index contributed by atoms with van der Waals surface area (Å²) < 4.78 is 1.84. The molecule has 2 atom stereocenters. The van der Waals surface area contributed by atoms with Gasteiger partial charge in [-0.2, -0.15) is 5.10 Å². The van der Waals surface area contributed by atoms with Crippen molar-refractivity contribution in [3.8, 4) is 0 Å². The highest BCUT2D eigenvalue weighted by molar-refractivity contribution is 6.04. The molecule has 106 valence electrons. The lowest BCUT2D eigenvalue weighted by Gasteiger charge is -2.29. The van der Waals surface area contributed by atoms with Gasteiger partial charge in [0.2, 0.25) is 0 Å². The van der Waals surface area contributed by atoms with Crippen LogP contribution in [0.25, 0.3) is 0 Å². The Hall–Kier alpha value is -1.92. The number of aromatic nitrogens is 3. The van der Waals surface area contributed by atoms with Crippen molar-refractivity contribution in [2.24, 2.45) is 0 Å². The second-order valence-electron chi connectivity index (χ2n) is 5.79. The monoisotopic (exact) mass is 275 g/mol. The minimum atomic E-state index is -0.207. The standard InChI is InChI=1S/C13H17N5O2/c1-8-14-11-5-4-9(7-17(11)15-8)18-12(19)10-3-2-6-16(10)13(18)20/h9-10H,2-7H2,1H3/t9?,10-/m0/s1. The summed E-state index contributed by atoms with van der Waals surface area (Å²) in [6, 6.07) is -0.390. The lowest BCUT2D eigenvalue weighted by molar-refractivity contribution is -0.130. The normalized spacial score (nSPS) is 29.1. The lowest BCUT2D eigenvalue weighted by Crippen LogP contribution is -2.46. The molecule has 4 rings (SSSR count). The van der Waals surface area contributed by atoms with Crippen molar-refractivity contribution in [3.05, 3.63) is 11.6 Å². The number of hydrogen-bond donors (Lipinski definition) is 0. The number of imide groups is 1. The van der Waals surface area contributed by atoms with E-state index >= 15 is 0 Å². The van der Waals surface area contributed by atoms with E-state index in [1.807, 2.05) is 11.6 Å². The molecule has 20 heavy (non-hydrogen) atoms. The van der Waals surface area contributed by atoms with Gasteiger partial charge in [-0.05, 0) is 26.2 Å². The van der Waals surface area contributed by atoms with Crippen LogP contribution >= 0.6 is 0 Å². The molecule has 2 saturated heterocycles. The fraction of sp³-hybridized carbons (Fsp3) is 0.692. The molecule has 7 heteroatoms. The minimum absolute atomic E-state index is 0.0159. The Kier molecular flexibility index (Phi) is 2.40. The number of carbonyl (C=O) groups is 2. The van der Waals surface area contributed by atoms with E-state index in [4.69, 9.17) is 0 Å². The van der Waals surface area contributed by atoms with Crippen LogP contribution in [0.3, 0.4) is 0 Å². The van der Waals surface area contributed by atoms with E-state index in [-0.39, 0.29) is 24.0 Å². The van der Waals surface area contributed by atoms with Crippen LogP contribution in [0.4, 0.5) is 4.79 Å². The quantitative estimate of drug-likeness (QED) is 0.692. The number of hydrogen-bond acceptors (Lipinski definition) is 4. The Bertz CT molecular complexity index is 574. The number of fused-ring (bicyclic) bond motifs is 2. The molecule has 7 nitrogen and oxygen atoms in total. The molecule has 1 aromatic heterocycles. The van der Waals surface area contributed by atoms with Crippen molar-refractivity contribution in [2.75, 3.05) is 6.54 Å². The summed E-state index contributed by atoms with van der Waals surface area (Å²) in [5.74, 6) is 1.69. The van der Waals surface area contributed by atoms with Crippen LogP contribution in [0.2, 0.25) is 0 Å². The Morgan fingerprint density at radius 1 is 1.25 bits per heavy atom. The second-order valence-corrected chi connectivity index (χ2v) is 5.79. The van der Waals surface area contributed by atoms with E-state index in [9.17, 15) is 9.59 Å². The van der Waals surface area contributed by atoms with Crippen LogP contribution < -0.4 is 0 Å². The summed E-state index contributed by atoms with van der Waals surface area (Å²) in [6.07, 6.45) is 3.30. The predicted octanol–water partition coefficient (Wildman–Crippen LogP) is 0.328. The third-order valence-electron chi connectivity index (χ3n) is 4.53. The molecule has 0 saturated carbocycles. The van der Waals surface area contributed by atoms with Crippen LogP contribution in [0.1, 0.15) is 30.9 Å². The van der Waals surface area contributed by atoms with Crippen molar-refractivity contribution >= 4 is 11.9 Å². The maximum Gasteiger partial charge on any atom is 0.327 e. The molecule has 0 aliphatic carbocycles. The van der Waals surface area contributed by atoms with Crippen LogP contribution in [0.5, 0.6) is 0 Å². The van der Waals surface area contributed by atoms with Gasteiger partial charge >= 0.3 is 6.03 Å². The van der Waals surface area contributed by atoms with E-state index < -0.39 is 0 Å². The Morgan fingerprint density at radius 2 is 2.10 bits per heavy atom. The first kappa shape index (κ1) is 11.9. The van der Waals surface area contributed by atoms with E-state index in [1.165, 1.54) is 4.90 Å². The number of carbonyl (C=O) groups excluding carboxylic acids is 2. The zero-order chi connectivity index (χ0) is 13.9. The number of urea groups is 1. The second kappa shape index (κ2) is 4.04. The minimum Gasteiger partial charge on any atom is -0.312 e. The van der Waals surface area contributed by atoms with Crippen molar-refractivity contribution in [3.63, 3.8) is 0 Å². The van der Waals surface area contributed by atoms with Gasteiger partial charge in [-0.1, -0.05) is 0 Å². The highest BCUT2D eigenvalue weighted by atomic mass is 16.2. The van der Waals surface area contributed by atoms with Gasteiger partial charge in [0, 0.05) is 13.0 Å². The molecule has 2 fully saturated rings. The van der Waals surface area contributed by atoms with Gasteiger partial charge in [-0.15, -0.1) is 0 Å². The molecule has 0 bridgehead atoms. The molecule has 0 radical (unpaired) electrons. The fourth-order valence-electron chi connectivity index (χ4n) is 3.61. The number of amides is 3. The molecule has 0 spiro atoms. The first-order chi connectivity index (χ1) is 9.65. The molecule has 4 heterocycles. The molecule has 3 aliphatic rings. The molecule has 3 amide bonds. The van der Waals surface area contributed by atoms with E-state index in [2.05, 4.69) is 10.1 Å². The maximum atomic E-state index is 12.4. The Labute approximate surface area is 116 Å². The van der Waals surface area contributed by atoms with Gasteiger partial charge in [0.05, 0.1) is 12.6 Å². The van der Waals surface area contributed by atoms with Gasteiger partial charge < -0.3 is 4.90 Å². The molecular formula is C13H17N5O2. The lowest BCUT2D eigenvalue weighted by atomic mass is 10.1. The van der Waals surface area contributed by atoms with Gasteiger partial charge in [0.1, 0.15) is 17.7 Å². The van der Waals surface area contributed by atoms with Crippen molar-refractivity contribution < 1.29 is 9.59 Å². The summed E-state index contributed by atoms with van der Waals surface area (Å²) in [7, 11) is 0. The Balaban J connectivity index is 1.60. The first-order valence-electron chi connectivity index (χ1n) is 7.19. The van der Waals surface area contributed by atoms with Crippen LogP contribution in [0.15, 0.2) is 0 Å². The van der Waals surface area contributed by atoms with Gasteiger partial charge in [0.15, 0.2) is 0 Å². The van der Waals surface area contributed by atoms with Crippen molar-refractivity contribution in [1.82, 2.24) is 24.6 Å². The fourth-order valence-corrected chi connectivity index (χ4v) is 3.61. The van der Waals surface area contributed by atoms with Crippen LogP contribution in [-0.2, 0) is 17.8 Å². The molecular weight excluding hydrogens is 258 g/mol. The predicted molar refractivity (Wildman–Crippen MR) is 68.8 cm³/mol. The van der Waals surface area contributed by atoms with E-state index in [1.54, 1.807) is 4.90 Å². The highest BCUT2D eigenvalue weighted by Gasteiger charge is 2.50. The van der Waals surface area contributed by atoms with Gasteiger partial charge in [-0.3, -0.25) is 9.69 Å². The molecule has 0 aromatic carbocycles. The number of rotatable bonds is 1. The summed E-state index contributed by atoms with van der Waals surface area (Å²) >= 11 is 0. The van der Waals surface area contributed by atoms with E-state index in [0.29, 0.717) is 13.1 Å². The topological polar surface area (TPSA) is 71.3 Å². The van der Waals surface area contributed by atoms with Crippen molar-refractivity contribution in [1.29, 1.82) is 0 Å². The third-order valence-corrected chi connectivity index (χ3v) is 4.53. The van der Waals surface area contributed by atoms with Crippen LogP contribution in [0, 0.1) is 6.92 Å². The molecule has 3 aliphatic heterocycles. The van der Waals surface area contributed by atoms with Gasteiger partial charge in [0.25, 0.3) is 5.91 Å². The summed E-state index contributed by atoms with van der Waals surface area (Å²) in [6.45, 7) is 3.16. The smallest absolute Gasteiger partial charge is 0.312 e.